The van der Waals surface area contributed by atoms with Crippen LogP contribution in [0, 0.1) is 5.92 Å². The third-order valence-electron chi connectivity index (χ3n) is 2.20. The van der Waals surface area contributed by atoms with Crippen LogP contribution in [0.2, 0.25) is 0 Å². The van der Waals surface area contributed by atoms with Gasteiger partial charge in [-0.15, -0.1) is 0 Å². The van der Waals surface area contributed by atoms with E-state index in [4.69, 9.17) is 5.11 Å². The van der Waals surface area contributed by atoms with Gasteiger partial charge in [0, 0.05) is 0 Å². The Labute approximate surface area is 71.7 Å². The first-order valence-corrected chi connectivity index (χ1v) is 4.27. The summed E-state index contributed by atoms with van der Waals surface area (Å²) in [6.45, 7) is 0. The van der Waals surface area contributed by atoms with Crippen LogP contribution in [0.1, 0.15) is 25.7 Å². The molecule has 68 valence electrons. The van der Waals surface area contributed by atoms with Crippen molar-refractivity contribution in [1.29, 1.82) is 0 Å². The van der Waals surface area contributed by atoms with E-state index in [9.17, 15) is 9.90 Å². The molecule has 0 saturated carbocycles. The van der Waals surface area contributed by atoms with Crippen molar-refractivity contribution in [2.24, 2.45) is 5.92 Å². The summed E-state index contributed by atoms with van der Waals surface area (Å²) in [5.41, 5.74) is 0. The average molecular weight is 170 g/mol. The summed E-state index contributed by atoms with van der Waals surface area (Å²) in [5.74, 6) is -1.01. The van der Waals surface area contributed by atoms with Crippen molar-refractivity contribution in [3.05, 3.63) is 12.2 Å². The molecular weight excluding hydrogens is 156 g/mol. The van der Waals surface area contributed by atoms with Crippen LogP contribution in [0.4, 0.5) is 0 Å². The number of hydrogen-bond donors (Lipinski definition) is 2. The van der Waals surface area contributed by atoms with Crippen LogP contribution in [0.25, 0.3) is 0 Å². The van der Waals surface area contributed by atoms with Gasteiger partial charge in [-0.1, -0.05) is 12.2 Å². The second kappa shape index (κ2) is 4.26. The van der Waals surface area contributed by atoms with Gasteiger partial charge in [-0.2, -0.15) is 0 Å². The highest BCUT2D eigenvalue weighted by Crippen LogP contribution is 2.18. The van der Waals surface area contributed by atoms with E-state index in [0.29, 0.717) is 19.3 Å². The minimum atomic E-state index is -0.738. The molecule has 0 radical (unpaired) electrons. The lowest BCUT2D eigenvalue weighted by Gasteiger charge is -2.15. The summed E-state index contributed by atoms with van der Waals surface area (Å²) >= 11 is 0. The van der Waals surface area contributed by atoms with Crippen LogP contribution < -0.4 is 0 Å². The van der Waals surface area contributed by atoms with Crippen molar-refractivity contribution in [3.63, 3.8) is 0 Å². The molecule has 0 fully saturated rings. The van der Waals surface area contributed by atoms with E-state index in [0.717, 1.165) is 6.42 Å². The van der Waals surface area contributed by atoms with Gasteiger partial charge in [0.25, 0.3) is 0 Å². The fourth-order valence-electron chi connectivity index (χ4n) is 1.41. The van der Waals surface area contributed by atoms with E-state index in [1.807, 2.05) is 6.08 Å². The largest absolute Gasteiger partial charge is 0.481 e. The zero-order valence-corrected chi connectivity index (χ0v) is 6.94. The molecule has 0 amide bonds. The average Bonchev–Trinajstić information content (AvgIpc) is 1.97. The minimum absolute atomic E-state index is 0.274. The zero-order chi connectivity index (χ0) is 8.97. The molecule has 0 saturated heterocycles. The molecule has 2 atom stereocenters. The standard InChI is InChI=1S/C9H14O3/c10-8-4-2-1-3-7(5-6-8)9(11)12/h2,4,7-8,10H,1,3,5-6H2,(H,11,12)/b4-2+. The van der Waals surface area contributed by atoms with E-state index < -0.39 is 12.1 Å². The fraction of sp³-hybridized carbons (Fsp3) is 0.667. The fourth-order valence-corrected chi connectivity index (χ4v) is 1.41. The predicted molar refractivity (Wildman–Crippen MR) is 44.7 cm³/mol. The number of allylic oxidation sites excluding steroid dienone is 1. The highest BCUT2D eigenvalue weighted by molar-refractivity contribution is 5.69. The first kappa shape index (κ1) is 9.26. The molecule has 3 heteroatoms. The molecule has 1 aliphatic rings. The first-order chi connectivity index (χ1) is 5.70. The molecule has 3 nitrogen and oxygen atoms in total. The van der Waals surface area contributed by atoms with Crippen molar-refractivity contribution in [2.45, 2.75) is 31.8 Å². The number of carboxylic acids is 1. The van der Waals surface area contributed by atoms with Gasteiger partial charge in [-0.05, 0) is 25.7 Å². The number of carbonyl (C=O) groups is 1. The van der Waals surface area contributed by atoms with Gasteiger partial charge >= 0.3 is 5.97 Å². The Balaban J connectivity index is 2.49. The minimum Gasteiger partial charge on any atom is -0.481 e. The number of aliphatic hydroxyl groups excluding tert-OH is 1. The summed E-state index contributed by atoms with van der Waals surface area (Å²) in [5, 5.41) is 18.0. The normalized spacial score (nSPS) is 33.4. The molecule has 0 aromatic heterocycles. The second-order valence-corrected chi connectivity index (χ2v) is 3.19. The first-order valence-electron chi connectivity index (χ1n) is 4.27. The molecule has 0 spiro atoms. The van der Waals surface area contributed by atoms with Crippen molar-refractivity contribution in [1.82, 2.24) is 0 Å². The Bertz CT molecular complexity index is 186. The number of aliphatic hydroxyl groups is 1. The van der Waals surface area contributed by atoms with Crippen LogP contribution in [0.5, 0.6) is 0 Å². The van der Waals surface area contributed by atoms with Crippen LogP contribution in [0.15, 0.2) is 12.2 Å². The van der Waals surface area contributed by atoms with Crippen LogP contribution in [-0.4, -0.2) is 22.3 Å². The highest BCUT2D eigenvalue weighted by atomic mass is 16.4. The molecule has 2 N–H and O–H groups in total. The molecular formula is C9H14O3. The SMILES string of the molecule is O=C(O)C1CC/C=C/C(O)CC1. The lowest BCUT2D eigenvalue weighted by atomic mass is 9.93. The maximum absolute atomic E-state index is 10.6. The van der Waals surface area contributed by atoms with E-state index in [1.165, 1.54) is 0 Å². The number of hydrogen-bond acceptors (Lipinski definition) is 2. The van der Waals surface area contributed by atoms with Gasteiger partial charge in [-0.3, -0.25) is 4.79 Å². The van der Waals surface area contributed by atoms with E-state index in [-0.39, 0.29) is 5.92 Å². The Hall–Kier alpha value is -0.830. The summed E-state index contributed by atoms with van der Waals surface area (Å²) in [4.78, 5) is 10.6. The molecule has 1 rings (SSSR count). The topological polar surface area (TPSA) is 57.5 Å². The molecule has 0 heterocycles. The maximum Gasteiger partial charge on any atom is 0.306 e. The Morgan fingerprint density at radius 1 is 1.33 bits per heavy atom. The monoisotopic (exact) mass is 170 g/mol. The van der Waals surface area contributed by atoms with E-state index >= 15 is 0 Å². The van der Waals surface area contributed by atoms with Crippen molar-refractivity contribution in [3.8, 4) is 0 Å². The van der Waals surface area contributed by atoms with Gasteiger partial charge in [0.15, 0.2) is 0 Å². The summed E-state index contributed by atoms with van der Waals surface area (Å²) in [6, 6.07) is 0. The van der Waals surface area contributed by atoms with Crippen LogP contribution >= 0.6 is 0 Å². The smallest absolute Gasteiger partial charge is 0.306 e. The van der Waals surface area contributed by atoms with Crippen LogP contribution in [0.3, 0.4) is 0 Å². The summed E-state index contributed by atoms with van der Waals surface area (Å²) < 4.78 is 0. The van der Waals surface area contributed by atoms with Crippen molar-refractivity contribution in [2.75, 3.05) is 0 Å². The quantitative estimate of drug-likeness (QED) is 0.581. The van der Waals surface area contributed by atoms with Crippen LogP contribution in [-0.2, 0) is 4.79 Å². The van der Waals surface area contributed by atoms with Gasteiger partial charge in [0.05, 0.1) is 12.0 Å². The third kappa shape index (κ3) is 2.66. The molecule has 2 unspecified atom stereocenters. The molecule has 1 aliphatic carbocycles. The van der Waals surface area contributed by atoms with E-state index in [1.54, 1.807) is 6.08 Å². The molecule has 12 heavy (non-hydrogen) atoms. The van der Waals surface area contributed by atoms with Crippen molar-refractivity contribution >= 4 is 5.97 Å². The summed E-state index contributed by atoms with van der Waals surface area (Å²) in [7, 11) is 0. The van der Waals surface area contributed by atoms with Gasteiger partial charge < -0.3 is 10.2 Å². The van der Waals surface area contributed by atoms with Gasteiger partial charge in [-0.25, -0.2) is 0 Å². The second-order valence-electron chi connectivity index (χ2n) is 3.19. The number of carboxylic acid groups (broad SMARTS) is 1. The Kier molecular flexibility index (Phi) is 3.29. The number of rotatable bonds is 1. The van der Waals surface area contributed by atoms with Gasteiger partial charge in [0.1, 0.15) is 0 Å². The maximum atomic E-state index is 10.6. The Morgan fingerprint density at radius 2 is 2.08 bits per heavy atom. The molecule has 0 aromatic carbocycles. The van der Waals surface area contributed by atoms with Gasteiger partial charge in [0.2, 0.25) is 0 Å². The van der Waals surface area contributed by atoms with E-state index in [2.05, 4.69) is 0 Å². The van der Waals surface area contributed by atoms with Crippen molar-refractivity contribution < 1.29 is 15.0 Å². The third-order valence-corrected chi connectivity index (χ3v) is 2.20. The number of aliphatic carboxylic acids is 1. The summed E-state index contributed by atoms with van der Waals surface area (Å²) in [6.07, 6.45) is 5.76. The lowest BCUT2D eigenvalue weighted by molar-refractivity contribution is -0.142. The molecule has 0 bridgehead atoms. The highest BCUT2D eigenvalue weighted by Gasteiger charge is 2.18. The molecule has 0 aromatic rings. The predicted octanol–water partition coefficient (Wildman–Crippen LogP) is 1.18. The zero-order valence-electron chi connectivity index (χ0n) is 6.94. The molecule has 0 aliphatic heterocycles. The Morgan fingerprint density at radius 3 is 2.75 bits per heavy atom. The lowest BCUT2D eigenvalue weighted by Crippen LogP contribution is -2.17.